The zero-order valence-electron chi connectivity index (χ0n) is 5.42. The van der Waals surface area contributed by atoms with Gasteiger partial charge in [-0.3, -0.25) is 5.43 Å². The van der Waals surface area contributed by atoms with Crippen LogP contribution in [0.4, 0.5) is 0 Å². The molecule has 1 aliphatic heterocycles. The van der Waals surface area contributed by atoms with Crippen molar-refractivity contribution in [2.24, 2.45) is 5.10 Å². The van der Waals surface area contributed by atoms with E-state index in [-0.39, 0.29) is 6.10 Å². The second kappa shape index (κ2) is 2.64. The Labute approximate surface area is 54.4 Å². The lowest BCUT2D eigenvalue weighted by Gasteiger charge is -2.24. The van der Waals surface area contributed by atoms with Crippen molar-refractivity contribution in [3.63, 3.8) is 0 Å². The summed E-state index contributed by atoms with van der Waals surface area (Å²) in [5, 5.41) is 3.95. The summed E-state index contributed by atoms with van der Waals surface area (Å²) in [6.45, 7) is 6.08. The van der Waals surface area contributed by atoms with Crippen LogP contribution in [-0.4, -0.2) is 18.4 Å². The molecule has 1 aliphatic rings. The molecule has 50 valence electrons. The Kier molecular flexibility index (Phi) is 1.85. The predicted molar refractivity (Wildman–Crippen MR) is 36.2 cm³/mol. The van der Waals surface area contributed by atoms with Crippen molar-refractivity contribution in [3.05, 3.63) is 12.8 Å². The van der Waals surface area contributed by atoms with Crippen LogP contribution in [0.1, 0.15) is 6.92 Å². The van der Waals surface area contributed by atoms with Crippen molar-refractivity contribution in [1.29, 1.82) is 0 Å². The molecule has 1 rings (SSSR count). The fraction of sp³-hybridized carbons (Fsp3) is 0.500. The number of hydrogen-bond donors (Lipinski definition) is 1. The molecule has 9 heavy (non-hydrogen) atoms. The van der Waals surface area contributed by atoms with Gasteiger partial charge in [-0.2, -0.15) is 5.10 Å². The molecule has 1 fully saturated rings. The molecule has 0 amide bonds. The average molecular weight is 126 g/mol. The van der Waals surface area contributed by atoms with Gasteiger partial charge in [-0.15, -0.1) is 0 Å². The van der Waals surface area contributed by atoms with Crippen molar-refractivity contribution >= 4 is 5.71 Å². The highest BCUT2D eigenvalue weighted by atomic mass is 16.5. The lowest BCUT2D eigenvalue weighted by molar-refractivity contribution is 0.0858. The van der Waals surface area contributed by atoms with Crippen LogP contribution in [0.2, 0.25) is 0 Å². The summed E-state index contributed by atoms with van der Waals surface area (Å²) in [5.74, 6) is 0. The summed E-state index contributed by atoms with van der Waals surface area (Å²) in [5.41, 5.74) is 3.70. The fourth-order valence-electron chi connectivity index (χ4n) is 0.576. The Morgan fingerprint density at radius 3 is 3.11 bits per heavy atom. The second-order valence-corrected chi connectivity index (χ2v) is 1.89. The fourth-order valence-corrected chi connectivity index (χ4v) is 0.576. The van der Waals surface area contributed by atoms with Gasteiger partial charge in [0.25, 0.3) is 0 Å². The number of rotatable bonds is 2. The van der Waals surface area contributed by atoms with Crippen molar-refractivity contribution in [1.82, 2.24) is 5.43 Å². The van der Waals surface area contributed by atoms with Crippen LogP contribution in [0, 0.1) is 0 Å². The van der Waals surface area contributed by atoms with E-state index in [9.17, 15) is 0 Å². The van der Waals surface area contributed by atoms with Gasteiger partial charge < -0.3 is 4.74 Å². The van der Waals surface area contributed by atoms with Gasteiger partial charge in [0.15, 0.2) is 0 Å². The molecule has 0 saturated carbocycles. The summed E-state index contributed by atoms with van der Waals surface area (Å²) >= 11 is 0. The molecule has 0 aromatic heterocycles. The van der Waals surface area contributed by atoms with Crippen LogP contribution in [0.15, 0.2) is 17.9 Å². The maximum Gasteiger partial charge on any atom is 0.0974 e. The lowest BCUT2D eigenvalue weighted by atomic mass is 10.2. The van der Waals surface area contributed by atoms with E-state index in [0.717, 1.165) is 5.71 Å². The van der Waals surface area contributed by atoms with Gasteiger partial charge in [0.05, 0.1) is 18.4 Å². The minimum absolute atomic E-state index is 0.192. The quantitative estimate of drug-likeness (QED) is 0.546. The Morgan fingerprint density at radius 1 is 2.00 bits per heavy atom. The zero-order valence-corrected chi connectivity index (χ0v) is 5.42. The first-order chi connectivity index (χ1) is 4.34. The highest BCUT2D eigenvalue weighted by Gasteiger charge is 2.21. The minimum atomic E-state index is 0.192. The van der Waals surface area contributed by atoms with Crippen molar-refractivity contribution < 1.29 is 4.74 Å². The molecule has 0 aromatic carbocycles. The third-order valence-electron chi connectivity index (χ3n) is 1.25. The summed E-state index contributed by atoms with van der Waals surface area (Å²) in [7, 11) is 0. The van der Waals surface area contributed by atoms with Gasteiger partial charge in [-0.05, 0) is 6.92 Å². The summed E-state index contributed by atoms with van der Waals surface area (Å²) in [4.78, 5) is 0. The minimum Gasteiger partial charge on any atom is -0.366 e. The van der Waals surface area contributed by atoms with E-state index >= 15 is 0 Å². The Morgan fingerprint density at radius 2 is 2.78 bits per heavy atom. The van der Waals surface area contributed by atoms with E-state index in [0.29, 0.717) is 6.61 Å². The molecular formula is C6H10N2O. The standard InChI is InChI=1S/C6H10N2O/c1-3-7-8-6-4-9-5(6)2/h3,5,7H,1,4H2,2H3/b8-6+. The summed E-state index contributed by atoms with van der Waals surface area (Å²) < 4.78 is 5.04. The number of nitrogens with one attached hydrogen (secondary N) is 1. The molecule has 1 unspecified atom stereocenters. The van der Waals surface area contributed by atoms with Crippen molar-refractivity contribution in [3.8, 4) is 0 Å². The molecule has 1 atom stereocenters. The van der Waals surface area contributed by atoms with E-state index in [1.807, 2.05) is 6.92 Å². The van der Waals surface area contributed by atoms with Crippen LogP contribution in [0.25, 0.3) is 0 Å². The van der Waals surface area contributed by atoms with E-state index in [1.165, 1.54) is 6.20 Å². The Bertz CT molecular complexity index is 142. The van der Waals surface area contributed by atoms with Gasteiger partial charge in [0, 0.05) is 6.20 Å². The lowest BCUT2D eigenvalue weighted by Crippen LogP contribution is -2.38. The molecule has 0 aliphatic carbocycles. The maximum absolute atomic E-state index is 5.04. The molecule has 0 radical (unpaired) electrons. The molecule has 1 saturated heterocycles. The zero-order chi connectivity index (χ0) is 6.69. The maximum atomic E-state index is 5.04. The summed E-state index contributed by atoms with van der Waals surface area (Å²) in [6.07, 6.45) is 1.73. The largest absolute Gasteiger partial charge is 0.366 e. The van der Waals surface area contributed by atoms with E-state index < -0.39 is 0 Å². The Hall–Kier alpha value is -0.830. The van der Waals surface area contributed by atoms with Gasteiger partial charge >= 0.3 is 0 Å². The number of ether oxygens (including phenoxy) is 1. The average Bonchev–Trinajstić information content (AvgIpc) is 1.86. The Balaban J connectivity index is 2.32. The first kappa shape index (κ1) is 6.29. The first-order valence-electron chi connectivity index (χ1n) is 2.89. The number of nitrogens with zero attached hydrogens (tertiary/aromatic N) is 1. The smallest absolute Gasteiger partial charge is 0.0974 e. The summed E-state index contributed by atoms with van der Waals surface area (Å²) in [6, 6.07) is 0. The van der Waals surface area contributed by atoms with Crippen molar-refractivity contribution in [2.75, 3.05) is 6.61 Å². The van der Waals surface area contributed by atoms with E-state index in [1.54, 1.807) is 0 Å². The van der Waals surface area contributed by atoms with Crippen LogP contribution in [-0.2, 0) is 4.74 Å². The van der Waals surface area contributed by atoms with E-state index in [2.05, 4.69) is 17.1 Å². The predicted octanol–water partition coefficient (Wildman–Crippen LogP) is 0.494. The van der Waals surface area contributed by atoms with Gasteiger partial charge in [-0.1, -0.05) is 6.58 Å². The molecule has 3 heteroatoms. The normalized spacial score (nSPS) is 29.4. The monoisotopic (exact) mass is 126 g/mol. The molecular weight excluding hydrogens is 116 g/mol. The van der Waals surface area contributed by atoms with Gasteiger partial charge in [0.1, 0.15) is 0 Å². The van der Waals surface area contributed by atoms with E-state index in [4.69, 9.17) is 4.74 Å². The second-order valence-electron chi connectivity index (χ2n) is 1.89. The highest BCUT2D eigenvalue weighted by Crippen LogP contribution is 2.05. The topological polar surface area (TPSA) is 33.6 Å². The van der Waals surface area contributed by atoms with Crippen LogP contribution < -0.4 is 5.43 Å². The SMILES string of the molecule is C=CN/N=C1\COC1C. The number of hydrazone groups is 1. The third-order valence-corrected chi connectivity index (χ3v) is 1.25. The van der Waals surface area contributed by atoms with Crippen LogP contribution in [0.5, 0.6) is 0 Å². The highest BCUT2D eigenvalue weighted by molar-refractivity contribution is 5.93. The van der Waals surface area contributed by atoms with Crippen LogP contribution >= 0.6 is 0 Å². The van der Waals surface area contributed by atoms with Gasteiger partial charge in [-0.25, -0.2) is 0 Å². The first-order valence-corrected chi connectivity index (χ1v) is 2.89. The molecule has 1 N–H and O–H groups in total. The van der Waals surface area contributed by atoms with Gasteiger partial charge in [0.2, 0.25) is 0 Å². The van der Waals surface area contributed by atoms with Crippen molar-refractivity contribution in [2.45, 2.75) is 13.0 Å². The number of hydrogen-bond acceptors (Lipinski definition) is 3. The third kappa shape index (κ3) is 1.29. The molecule has 0 aromatic rings. The molecule has 0 bridgehead atoms. The molecule has 3 nitrogen and oxygen atoms in total. The molecule has 1 heterocycles. The molecule has 0 spiro atoms. The van der Waals surface area contributed by atoms with Crippen LogP contribution in [0.3, 0.4) is 0 Å².